The fourth-order valence-electron chi connectivity index (χ4n) is 2.83. The maximum absolute atomic E-state index is 12.4. The SMILES string of the molecule is CC(=O)N(CC(=O)Nc1ccc(OCc2ccccc2)cc1)Cc1ccccc1. The van der Waals surface area contributed by atoms with Crippen LogP contribution in [0.4, 0.5) is 5.69 Å². The van der Waals surface area contributed by atoms with Crippen molar-refractivity contribution < 1.29 is 14.3 Å². The topological polar surface area (TPSA) is 58.6 Å². The number of nitrogens with one attached hydrogen (secondary N) is 1. The molecule has 0 unspecified atom stereocenters. The van der Waals surface area contributed by atoms with Gasteiger partial charge in [0.25, 0.3) is 0 Å². The molecule has 3 rings (SSSR count). The molecule has 0 aliphatic heterocycles. The predicted octanol–water partition coefficient (Wildman–Crippen LogP) is 4.25. The van der Waals surface area contributed by atoms with Gasteiger partial charge in [-0.25, -0.2) is 0 Å². The minimum atomic E-state index is -0.242. The van der Waals surface area contributed by atoms with E-state index in [0.717, 1.165) is 16.9 Å². The Kier molecular flexibility index (Phi) is 7.00. The molecular weight excluding hydrogens is 364 g/mol. The van der Waals surface area contributed by atoms with Gasteiger partial charge in [0.15, 0.2) is 0 Å². The van der Waals surface area contributed by atoms with Crippen molar-refractivity contribution >= 4 is 17.5 Å². The molecule has 0 spiro atoms. The minimum Gasteiger partial charge on any atom is -0.489 e. The summed E-state index contributed by atoms with van der Waals surface area (Å²) in [6.07, 6.45) is 0. The molecule has 0 bridgehead atoms. The van der Waals surface area contributed by atoms with Crippen molar-refractivity contribution in [2.75, 3.05) is 11.9 Å². The Morgan fingerprint density at radius 1 is 0.828 bits per heavy atom. The van der Waals surface area contributed by atoms with Crippen LogP contribution in [0.2, 0.25) is 0 Å². The Morgan fingerprint density at radius 3 is 2.00 bits per heavy atom. The summed E-state index contributed by atoms with van der Waals surface area (Å²) in [7, 11) is 0. The van der Waals surface area contributed by atoms with Gasteiger partial charge in [0.2, 0.25) is 11.8 Å². The van der Waals surface area contributed by atoms with Crippen LogP contribution in [0, 0.1) is 0 Å². The molecule has 0 aliphatic carbocycles. The van der Waals surface area contributed by atoms with E-state index in [4.69, 9.17) is 4.74 Å². The van der Waals surface area contributed by atoms with E-state index in [1.54, 1.807) is 12.1 Å². The number of anilines is 1. The molecule has 0 saturated heterocycles. The number of rotatable bonds is 8. The lowest BCUT2D eigenvalue weighted by Gasteiger charge is -2.20. The molecule has 0 saturated carbocycles. The van der Waals surface area contributed by atoms with Crippen LogP contribution >= 0.6 is 0 Å². The molecule has 3 aromatic carbocycles. The number of carbonyl (C=O) groups is 2. The van der Waals surface area contributed by atoms with Gasteiger partial charge >= 0.3 is 0 Å². The van der Waals surface area contributed by atoms with E-state index in [9.17, 15) is 9.59 Å². The summed E-state index contributed by atoms with van der Waals surface area (Å²) in [6.45, 7) is 2.35. The highest BCUT2D eigenvalue weighted by Gasteiger charge is 2.14. The Balaban J connectivity index is 1.52. The van der Waals surface area contributed by atoms with E-state index in [2.05, 4.69) is 5.32 Å². The lowest BCUT2D eigenvalue weighted by Crippen LogP contribution is -2.36. The third kappa shape index (κ3) is 6.50. The Morgan fingerprint density at radius 2 is 1.41 bits per heavy atom. The molecule has 0 radical (unpaired) electrons. The van der Waals surface area contributed by atoms with Crippen LogP contribution in [-0.4, -0.2) is 23.3 Å². The number of ether oxygens (including phenoxy) is 1. The molecule has 5 nitrogen and oxygen atoms in total. The van der Waals surface area contributed by atoms with Crippen molar-refractivity contribution in [2.45, 2.75) is 20.1 Å². The van der Waals surface area contributed by atoms with Crippen LogP contribution in [-0.2, 0) is 22.7 Å². The zero-order chi connectivity index (χ0) is 20.5. The first-order chi connectivity index (χ1) is 14.1. The van der Waals surface area contributed by atoms with Gasteiger partial charge in [0, 0.05) is 19.2 Å². The normalized spacial score (nSPS) is 10.2. The highest BCUT2D eigenvalue weighted by Crippen LogP contribution is 2.17. The zero-order valence-electron chi connectivity index (χ0n) is 16.4. The maximum Gasteiger partial charge on any atom is 0.244 e. The molecule has 2 amide bonds. The van der Waals surface area contributed by atoms with E-state index >= 15 is 0 Å². The number of hydrogen-bond acceptors (Lipinski definition) is 3. The maximum atomic E-state index is 12.4. The largest absolute Gasteiger partial charge is 0.489 e. The molecular formula is C24H24N2O3. The summed E-state index contributed by atoms with van der Waals surface area (Å²) >= 11 is 0. The number of nitrogens with zero attached hydrogens (tertiary/aromatic N) is 1. The molecule has 0 aliphatic rings. The number of amides is 2. The first-order valence-corrected chi connectivity index (χ1v) is 9.46. The average Bonchev–Trinajstić information content (AvgIpc) is 2.74. The molecule has 0 atom stereocenters. The van der Waals surface area contributed by atoms with Crippen LogP contribution in [0.5, 0.6) is 5.75 Å². The molecule has 0 fully saturated rings. The number of hydrogen-bond donors (Lipinski definition) is 1. The fraction of sp³-hybridized carbons (Fsp3) is 0.167. The Bertz CT molecular complexity index is 925. The minimum absolute atomic E-state index is 0.00349. The van der Waals surface area contributed by atoms with Gasteiger partial charge in [0.1, 0.15) is 18.9 Å². The van der Waals surface area contributed by atoms with Crippen molar-refractivity contribution in [3.8, 4) is 5.75 Å². The van der Waals surface area contributed by atoms with Gasteiger partial charge in [0.05, 0.1) is 0 Å². The van der Waals surface area contributed by atoms with E-state index in [1.807, 2.05) is 72.8 Å². The highest BCUT2D eigenvalue weighted by atomic mass is 16.5. The molecule has 0 heterocycles. The van der Waals surface area contributed by atoms with Crippen molar-refractivity contribution in [3.63, 3.8) is 0 Å². The molecule has 29 heavy (non-hydrogen) atoms. The molecule has 148 valence electrons. The van der Waals surface area contributed by atoms with Gasteiger partial charge < -0.3 is 15.0 Å². The summed E-state index contributed by atoms with van der Waals surface area (Å²) in [4.78, 5) is 25.8. The Labute approximate surface area is 170 Å². The van der Waals surface area contributed by atoms with Crippen molar-refractivity contribution in [1.29, 1.82) is 0 Å². The second-order valence-corrected chi connectivity index (χ2v) is 6.71. The van der Waals surface area contributed by atoms with Crippen LogP contribution < -0.4 is 10.1 Å². The van der Waals surface area contributed by atoms with Crippen molar-refractivity contribution in [1.82, 2.24) is 4.90 Å². The van der Waals surface area contributed by atoms with Gasteiger partial charge in [-0.2, -0.15) is 0 Å². The summed E-state index contributed by atoms with van der Waals surface area (Å²) in [5, 5.41) is 2.83. The summed E-state index contributed by atoms with van der Waals surface area (Å²) in [6, 6.07) is 26.7. The number of benzene rings is 3. The summed E-state index contributed by atoms with van der Waals surface area (Å²) in [5.74, 6) is 0.337. The second-order valence-electron chi connectivity index (χ2n) is 6.71. The summed E-state index contributed by atoms with van der Waals surface area (Å²) in [5.41, 5.74) is 2.73. The van der Waals surface area contributed by atoms with Crippen LogP contribution in [0.3, 0.4) is 0 Å². The fourth-order valence-corrected chi connectivity index (χ4v) is 2.83. The van der Waals surface area contributed by atoms with Crippen LogP contribution in [0.15, 0.2) is 84.9 Å². The van der Waals surface area contributed by atoms with Crippen LogP contribution in [0.1, 0.15) is 18.1 Å². The van der Waals surface area contributed by atoms with Gasteiger partial charge in [-0.1, -0.05) is 60.7 Å². The zero-order valence-corrected chi connectivity index (χ0v) is 16.4. The van der Waals surface area contributed by atoms with E-state index in [-0.39, 0.29) is 18.4 Å². The molecule has 0 aromatic heterocycles. The highest BCUT2D eigenvalue weighted by molar-refractivity contribution is 5.94. The monoisotopic (exact) mass is 388 g/mol. The second kappa shape index (κ2) is 10.1. The molecule has 5 heteroatoms. The quantitative estimate of drug-likeness (QED) is 0.627. The van der Waals surface area contributed by atoms with Gasteiger partial charge in [-0.3, -0.25) is 9.59 Å². The first kappa shape index (κ1) is 20.1. The van der Waals surface area contributed by atoms with Crippen molar-refractivity contribution in [3.05, 3.63) is 96.1 Å². The first-order valence-electron chi connectivity index (χ1n) is 9.46. The third-order valence-electron chi connectivity index (χ3n) is 4.38. The average molecular weight is 388 g/mol. The standard InChI is InChI=1S/C24H24N2O3/c1-19(27)26(16-20-8-4-2-5-9-20)17-24(28)25-22-12-14-23(15-13-22)29-18-21-10-6-3-7-11-21/h2-15H,16-18H2,1H3,(H,25,28). The van der Waals surface area contributed by atoms with Gasteiger partial charge in [-0.05, 0) is 35.4 Å². The van der Waals surface area contributed by atoms with E-state index < -0.39 is 0 Å². The lowest BCUT2D eigenvalue weighted by atomic mass is 10.2. The Hall–Kier alpha value is -3.60. The third-order valence-corrected chi connectivity index (χ3v) is 4.38. The molecule has 3 aromatic rings. The number of carbonyl (C=O) groups excluding carboxylic acids is 2. The molecule has 1 N–H and O–H groups in total. The lowest BCUT2D eigenvalue weighted by molar-refractivity contribution is -0.133. The van der Waals surface area contributed by atoms with Gasteiger partial charge in [-0.15, -0.1) is 0 Å². The summed E-state index contributed by atoms with van der Waals surface area (Å²) < 4.78 is 5.75. The smallest absolute Gasteiger partial charge is 0.244 e. The predicted molar refractivity (Wildman–Crippen MR) is 113 cm³/mol. The van der Waals surface area contributed by atoms with E-state index in [0.29, 0.717) is 18.8 Å². The van der Waals surface area contributed by atoms with Crippen molar-refractivity contribution in [2.24, 2.45) is 0 Å². The van der Waals surface area contributed by atoms with E-state index in [1.165, 1.54) is 11.8 Å². The van der Waals surface area contributed by atoms with Crippen LogP contribution in [0.25, 0.3) is 0 Å².